The van der Waals surface area contributed by atoms with E-state index in [4.69, 9.17) is 0 Å². The van der Waals surface area contributed by atoms with Crippen molar-refractivity contribution in [1.82, 2.24) is 10.2 Å². The van der Waals surface area contributed by atoms with Crippen molar-refractivity contribution in [3.05, 3.63) is 33.1 Å². The number of rotatable bonds is 1. The predicted octanol–water partition coefficient (Wildman–Crippen LogP) is 2.25. The van der Waals surface area contributed by atoms with Gasteiger partial charge in [0.05, 0.1) is 5.56 Å². The summed E-state index contributed by atoms with van der Waals surface area (Å²) in [5.41, 5.74) is 0.617. The van der Waals surface area contributed by atoms with Crippen LogP contribution in [0.5, 0.6) is 0 Å². The van der Waals surface area contributed by atoms with Crippen molar-refractivity contribution < 1.29 is 9.18 Å². The number of carbonyl (C=O) groups is 1. The molecule has 0 spiro atoms. The first-order valence-electron chi connectivity index (χ1n) is 6.63. The van der Waals surface area contributed by atoms with Gasteiger partial charge in [0.2, 0.25) is 0 Å². The molecule has 0 radical (unpaired) electrons. The van der Waals surface area contributed by atoms with Crippen LogP contribution in [0.1, 0.15) is 23.2 Å². The lowest BCUT2D eigenvalue weighted by molar-refractivity contribution is 0.0661. The van der Waals surface area contributed by atoms with Gasteiger partial charge in [-0.2, -0.15) is 0 Å². The molecule has 1 aromatic carbocycles. The van der Waals surface area contributed by atoms with Gasteiger partial charge in [0.1, 0.15) is 5.82 Å². The Bertz CT molecular complexity index is 508. The summed E-state index contributed by atoms with van der Waals surface area (Å²) < 4.78 is 13.8. The number of nitrogens with zero attached hydrogens (tertiary/aromatic N) is 1. The Morgan fingerprint density at radius 3 is 3.05 bits per heavy atom. The number of benzene rings is 1. The van der Waals surface area contributed by atoms with Gasteiger partial charge in [0.25, 0.3) is 5.91 Å². The van der Waals surface area contributed by atoms with Crippen molar-refractivity contribution >= 4 is 28.5 Å². The summed E-state index contributed by atoms with van der Waals surface area (Å²) in [6, 6.07) is 4.95. The average molecular weight is 374 g/mol. The zero-order valence-corrected chi connectivity index (χ0v) is 12.7. The third kappa shape index (κ3) is 2.63. The third-order valence-electron chi connectivity index (χ3n) is 4.10. The number of amides is 1. The van der Waals surface area contributed by atoms with Crippen LogP contribution in [0, 0.1) is 15.3 Å². The van der Waals surface area contributed by atoms with Crippen molar-refractivity contribution in [2.45, 2.75) is 18.9 Å². The van der Waals surface area contributed by atoms with Gasteiger partial charge >= 0.3 is 0 Å². The molecule has 2 saturated heterocycles. The maximum Gasteiger partial charge on any atom is 0.254 e. The average Bonchev–Trinajstić information content (AvgIpc) is 2.85. The van der Waals surface area contributed by atoms with E-state index in [9.17, 15) is 9.18 Å². The van der Waals surface area contributed by atoms with Crippen LogP contribution in [0.15, 0.2) is 18.2 Å². The lowest BCUT2D eigenvalue weighted by Crippen LogP contribution is -2.47. The molecule has 3 nitrogen and oxygen atoms in total. The highest BCUT2D eigenvalue weighted by Gasteiger charge is 2.34. The molecule has 1 aromatic rings. The maximum absolute atomic E-state index is 13.1. The van der Waals surface area contributed by atoms with Crippen LogP contribution < -0.4 is 5.32 Å². The first kappa shape index (κ1) is 13.3. The minimum absolute atomic E-state index is 0.0368. The van der Waals surface area contributed by atoms with Gasteiger partial charge in [-0.25, -0.2) is 4.39 Å². The summed E-state index contributed by atoms with van der Waals surface area (Å²) in [6.07, 6.45) is 2.17. The highest BCUT2D eigenvalue weighted by atomic mass is 127. The van der Waals surface area contributed by atoms with Gasteiger partial charge in [-0.1, -0.05) is 0 Å². The summed E-state index contributed by atoms with van der Waals surface area (Å²) in [5, 5.41) is 3.49. The molecule has 1 amide bonds. The number of halogens is 2. The number of nitrogens with one attached hydrogen (secondary N) is 1. The summed E-state index contributed by atoms with van der Waals surface area (Å²) in [7, 11) is 0. The molecule has 2 fully saturated rings. The molecule has 0 saturated carbocycles. The third-order valence-corrected chi connectivity index (χ3v) is 5.00. The van der Waals surface area contributed by atoms with Crippen molar-refractivity contribution in [3.8, 4) is 0 Å². The molecule has 2 aliphatic heterocycles. The molecule has 2 atom stereocenters. The Morgan fingerprint density at radius 1 is 1.42 bits per heavy atom. The standard InChI is InChI=1S/C14H16FIN2O/c15-10-1-2-11(12(16)7-10)14(19)18-6-4-13-9(8-18)3-5-17-13/h1-2,7,9,13,17H,3-6,8H2. The Labute approximate surface area is 125 Å². The summed E-state index contributed by atoms with van der Waals surface area (Å²) >= 11 is 2.03. The number of hydrogen-bond acceptors (Lipinski definition) is 2. The second-order valence-corrected chi connectivity index (χ2v) is 6.44. The molecule has 1 N–H and O–H groups in total. The minimum atomic E-state index is -0.292. The highest BCUT2D eigenvalue weighted by molar-refractivity contribution is 14.1. The van der Waals surface area contributed by atoms with E-state index in [0.29, 0.717) is 21.1 Å². The molecule has 5 heteroatoms. The second-order valence-electron chi connectivity index (χ2n) is 5.27. The fourth-order valence-corrected chi connectivity index (χ4v) is 3.77. The van der Waals surface area contributed by atoms with Gasteiger partial charge in [0.15, 0.2) is 0 Å². The van der Waals surface area contributed by atoms with Gasteiger partial charge in [-0.3, -0.25) is 4.79 Å². The fraction of sp³-hybridized carbons (Fsp3) is 0.500. The number of piperidine rings is 1. The number of hydrogen-bond donors (Lipinski definition) is 1. The van der Waals surface area contributed by atoms with Crippen LogP contribution in [0.4, 0.5) is 4.39 Å². The molecule has 0 bridgehead atoms. The summed E-state index contributed by atoms with van der Waals surface area (Å²) in [4.78, 5) is 14.4. The Kier molecular flexibility index (Phi) is 3.75. The topological polar surface area (TPSA) is 32.3 Å². The smallest absolute Gasteiger partial charge is 0.254 e. The number of carbonyl (C=O) groups excluding carboxylic acids is 1. The molecule has 19 heavy (non-hydrogen) atoms. The quantitative estimate of drug-likeness (QED) is 0.765. The second kappa shape index (κ2) is 5.36. The highest BCUT2D eigenvalue weighted by Crippen LogP contribution is 2.26. The predicted molar refractivity (Wildman–Crippen MR) is 79.5 cm³/mol. The van der Waals surface area contributed by atoms with E-state index < -0.39 is 0 Å². The maximum atomic E-state index is 13.1. The van der Waals surface area contributed by atoms with Crippen LogP contribution >= 0.6 is 22.6 Å². The van der Waals surface area contributed by atoms with Crippen LogP contribution in [0.25, 0.3) is 0 Å². The molecule has 0 aliphatic carbocycles. The molecule has 2 aliphatic rings. The van der Waals surface area contributed by atoms with Gasteiger partial charge in [0, 0.05) is 22.7 Å². The Balaban J connectivity index is 1.76. The van der Waals surface area contributed by atoms with Crippen molar-refractivity contribution in [1.29, 1.82) is 0 Å². The zero-order chi connectivity index (χ0) is 13.4. The van der Waals surface area contributed by atoms with E-state index in [0.717, 1.165) is 32.5 Å². The monoisotopic (exact) mass is 374 g/mol. The van der Waals surface area contributed by atoms with Crippen LogP contribution in [-0.4, -0.2) is 36.5 Å². The van der Waals surface area contributed by atoms with E-state index >= 15 is 0 Å². The summed E-state index contributed by atoms with van der Waals surface area (Å²) in [5.74, 6) is 0.324. The van der Waals surface area contributed by atoms with Gasteiger partial charge < -0.3 is 10.2 Å². The normalized spacial score (nSPS) is 26.3. The van der Waals surface area contributed by atoms with E-state index in [1.54, 1.807) is 6.07 Å². The number of likely N-dealkylation sites (tertiary alicyclic amines) is 1. The van der Waals surface area contributed by atoms with Crippen molar-refractivity contribution in [2.75, 3.05) is 19.6 Å². The van der Waals surface area contributed by atoms with Crippen molar-refractivity contribution in [3.63, 3.8) is 0 Å². The van der Waals surface area contributed by atoms with Crippen LogP contribution in [0.3, 0.4) is 0 Å². The molecule has 102 valence electrons. The van der Waals surface area contributed by atoms with E-state index in [1.165, 1.54) is 12.1 Å². The molecule has 3 rings (SSSR count). The Hall–Kier alpha value is -0.690. The zero-order valence-electron chi connectivity index (χ0n) is 10.5. The molecular formula is C14H16FIN2O. The van der Waals surface area contributed by atoms with E-state index in [-0.39, 0.29) is 11.7 Å². The lowest BCUT2D eigenvalue weighted by Gasteiger charge is -2.35. The molecular weight excluding hydrogens is 358 g/mol. The SMILES string of the molecule is O=C(c1ccc(F)cc1I)N1CCC2NCCC2C1. The van der Waals surface area contributed by atoms with Crippen LogP contribution in [0.2, 0.25) is 0 Å². The van der Waals surface area contributed by atoms with Gasteiger partial charge in [-0.15, -0.1) is 0 Å². The van der Waals surface area contributed by atoms with Crippen molar-refractivity contribution in [2.24, 2.45) is 5.92 Å². The first-order valence-corrected chi connectivity index (χ1v) is 7.71. The largest absolute Gasteiger partial charge is 0.338 e. The van der Waals surface area contributed by atoms with Crippen LogP contribution in [-0.2, 0) is 0 Å². The van der Waals surface area contributed by atoms with E-state index in [1.807, 2.05) is 27.5 Å². The first-order chi connectivity index (χ1) is 9.15. The molecule has 0 aromatic heterocycles. The molecule has 2 heterocycles. The summed E-state index contributed by atoms with van der Waals surface area (Å²) in [6.45, 7) is 2.68. The minimum Gasteiger partial charge on any atom is -0.338 e. The fourth-order valence-electron chi connectivity index (χ4n) is 3.07. The lowest BCUT2D eigenvalue weighted by atomic mass is 9.93. The number of fused-ring (bicyclic) bond motifs is 1. The van der Waals surface area contributed by atoms with Gasteiger partial charge in [-0.05, 0) is 66.1 Å². The molecule has 2 unspecified atom stereocenters. The Morgan fingerprint density at radius 2 is 2.26 bits per heavy atom. The van der Waals surface area contributed by atoms with E-state index in [2.05, 4.69) is 5.32 Å².